The van der Waals surface area contributed by atoms with Gasteiger partial charge in [0.2, 0.25) is 11.8 Å². The van der Waals surface area contributed by atoms with Crippen LogP contribution in [0.25, 0.3) is 0 Å². The first-order chi connectivity index (χ1) is 9.15. The lowest BCUT2D eigenvalue weighted by Gasteiger charge is -2.22. The highest BCUT2D eigenvalue weighted by atomic mass is 16.5. The van der Waals surface area contributed by atoms with Crippen molar-refractivity contribution in [3.05, 3.63) is 29.8 Å². The van der Waals surface area contributed by atoms with Gasteiger partial charge in [-0.2, -0.15) is 0 Å². The molecule has 0 saturated carbocycles. The lowest BCUT2D eigenvalue weighted by Crippen LogP contribution is -2.37. The predicted octanol–water partition coefficient (Wildman–Crippen LogP) is 1.10. The van der Waals surface area contributed by atoms with Gasteiger partial charge in [0.05, 0.1) is 13.2 Å². The Balaban J connectivity index is 2.10. The molecule has 1 aliphatic heterocycles. The van der Waals surface area contributed by atoms with Crippen molar-refractivity contribution in [3.8, 4) is 5.75 Å². The van der Waals surface area contributed by atoms with E-state index in [1.807, 2.05) is 31.3 Å². The van der Waals surface area contributed by atoms with Gasteiger partial charge in [0.15, 0.2) is 0 Å². The van der Waals surface area contributed by atoms with Crippen LogP contribution in [-0.4, -0.2) is 37.4 Å². The quantitative estimate of drug-likeness (QED) is 0.807. The summed E-state index contributed by atoms with van der Waals surface area (Å²) in [5.74, 6) is 0.615. The zero-order valence-corrected chi connectivity index (χ0v) is 11.2. The average Bonchev–Trinajstić information content (AvgIpc) is 2.76. The van der Waals surface area contributed by atoms with Gasteiger partial charge in [-0.1, -0.05) is 12.1 Å². The van der Waals surface area contributed by atoms with Crippen LogP contribution in [0.2, 0.25) is 0 Å². The SMILES string of the molecule is CNC(CN1C(=O)CCC1=O)c1ccc(OC)cc1. The summed E-state index contributed by atoms with van der Waals surface area (Å²) in [4.78, 5) is 24.6. The molecule has 1 aromatic carbocycles. The van der Waals surface area contributed by atoms with Gasteiger partial charge in [-0.3, -0.25) is 14.5 Å². The Morgan fingerprint density at radius 3 is 2.26 bits per heavy atom. The zero-order valence-electron chi connectivity index (χ0n) is 11.2. The largest absolute Gasteiger partial charge is 0.497 e. The van der Waals surface area contributed by atoms with Crippen LogP contribution in [0, 0.1) is 0 Å². The van der Waals surface area contributed by atoms with Crippen LogP contribution >= 0.6 is 0 Å². The number of carbonyl (C=O) groups excluding carboxylic acids is 2. The van der Waals surface area contributed by atoms with Gasteiger partial charge >= 0.3 is 0 Å². The fraction of sp³-hybridized carbons (Fsp3) is 0.429. The smallest absolute Gasteiger partial charge is 0.229 e. The van der Waals surface area contributed by atoms with Crippen LogP contribution in [0.3, 0.4) is 0 Å². The third-order valence-electron chi connectivity index (χ3n) is 3.39. The second-order valence-corrected chi connectivity index (χ2v) is 4.51. The molecule has 0 aromatic heterocycles. The topological polar surface area (TPSA) is 58.6 Å². The number of rotatable bonds is 5. The molecule has 0 bridgehead atoms. The Kier molecular flexibility index (Phi) is 4.16. The molecule has 1 aliphatic rings. The molecule has 5 nitrogen and oxygen atoms in total. The number of carbonyl (C=O) groups is 2. The van der Waals surface area contributed by atoms with Crippen LogP contribution in [0.15, 0.2) is 24.3 Å². The molecule has 1 heterocycles. The van der Waals surface area contributed by atoms with Gasteiger partial charge in [-0.15, -0.1) is 0 Å². The predicted molar refractivity (Wildman–Crippen MR) is 70.7 cm³/mol. The summed E-state index contributed by atoms with van der Waals surface area (Å²) in [7, 11) is 3.44. The minimum Gasteiger partial charge on any atom is -0.497 e. The molecule has 0 radical (unpaired) electrons. The third kappa shape index (κ3) is 2.93. The highest BCUT2D eigenvalue weighted by Gasteiger charge is 2.30. The Labute approximate surface area is 112 Å². The van der Waals surface area contributed by atoms with E-state index in [-0.39, 0.29) is 17.9 Å². The van der Waals surface area contributed by atoms with Crippen LogP contribution < -0.4 is 10.1 Å². The van der Waals surface area contributed by atoms with E-state index in [1.165, 1.54) is 4.90 Å². The first-order valence-electron chi connectivity index (χ1n) is 6.30. The van der Waals surface area contributed by atoms with Crippen LogP contribution in [-0.2, 0) is 9.59 Å². The Bertz CT molecular complexity index is 454. The summed E-state index contributed by atoms with van der Waals surface area (Å²) in [5, 5.41) is 3.14. The van der Waals surface area contributed by atoms with Crippen molar-refractivity contribution in [2.75, 3.05) is 20.7 Å². The monoisotopic (exact) mass is 262 g/mol. The zero-order chi connectivity index (χ0) is 13.8. The van der Waals surface area contributed by atoms with Crippen molar-refractivity contribution >= 4 is 11.8 Å². The van der Waals surface area contributed by atoms with Crippen molar-refractivity contribution in [2.24, 2.45) is 0 Å². The summed E-state index contributed by atoms with van der Waals surface area (Å²) in [6.07, 6.45) is 0.662. The van der Waals surface area contributed by atoms with E-state index in [0.717, 1.165) is 11.3 Å². The number of nitrogens with one attached hydrogen (secondary N) is 1. The molecule has 0 aliphatic carbocycles. The van der Waals surface area contributed by atoms with Gasteiger partial charge < -0.3 is 10.1 Å². The molecule has 2 rings (SSSR count). The summed E-state index contributed by atoms with van der Waals surface area (Å²) in [6.45, 7) is 0.375. The van der Waals surface area contributed by atoms with E-state index in [2.05, 4.69) is 5.32 Å². The van der Waals surface area contributed by atoms with Crippen molar-refractivity contribution in [1.82, 2.24) is 10.2 Å². The number of benzene rings is 1. The maximum absolute atomic E-state index is 11.6. The van der Waals surface area contributed by atoms with E-state index in [0.29, 0.717) is 19.4 Å². The first-order valence-corrected chi connectivity index (χ1v) is 6.30. The molecule has 1 atom stereocenters. The molecule has 1 N–H and O–H groups in total. The normalized spacial score (nSPS) is 16.8. The molecule has 5 heteroatoms. The summed E-state index contributed by atoms with van der Waals surface area (Å²) in [6, 6.07) is 7.55. The van der Waals surface area contributed by atoms with Gasteiger partial charge in [0.1, 0.15) is 5.75 Å². The molecular formula is C14H18N2O3. The van der Waals surface area contributed by atoms with Gasteiger partial charge in [0, 0.05) is 19.4 Å². The first kappa shape index (κ1) is 13.5. The van der Waals surface area contributed by atoms with Crippen molar-refractivity contribution in [1.29, 1.82) is 0 Å². The molecule has 1 fully saturated rings. The number of likely N-dealkylation sites (tertiary alicyclic amines) is 1. The van der Waals surface area contributed by atoms with Gasteiger partial charge in [-0.25, -0.2) is 0 Å². The molecule has 1 aromatic rings. The fourth-order valence-corrected chi connectivity index (χ4v) is 2.21. The molecule has 1 saturated heterocycles. The highest BCUT2D eigenvalue weighted by molar-refractivity contribution is 6.01. The number of ether oxygens (including phenoxy) is 1. The molecule has 1 unspecified atom stereocenters. The second kappa shape index (κ2) is 5.84. The lowest BCUT2D eigenvalue weighted by atomic mass is 10.1. The number of methoxy groups -OCH3 is 1. The summed E-state index contributed by atoms with van der Waals surface area (Å²) in [5.41, 5.74) is 1.02. The second-order valence-electron chi connectivity index (χ2n) is 4.51. The molecule has 102 valence electrons. The van der Waals surface area contributed by atoms with Crippen molar-refractivity contribution < 1.29 is 14.3 Å². The summed E-state index contributed by atoms with van der Waals surface area (Å²) < 4.78 is 5.11. The lowest BCUT2D eigenvalue weighted by molar-refractivity contribution is -0.138. The number of imide groups is 1. The standard InChI is InChI=1S/C14H18N2O3/c1-15-12(9-16-13(17)7-8-14(16)18)10-3-5-11(19-2)6-4-10/h3-6,12,15H,7-9H2,1-2H3. The highest BCUT2D eigenvalue weighted by Crippen LogP contribution is 2.21. The average molecular weight is 262 g/mol. The minimum atomic E-state index is -0.0845. The van der Waals surface area contributed by atoms with Gasteiger partial charge in [0.25, 0.3) is 0 Å². The van der Waals surface area contributed by atoms with E-state index in [1.54, 1.807) is 7.11 Å². The van der Waals surface area contributed by atoms with Gasteiger partial charge in [-0.05, 0) is 24.7 Å². The molecule has 2 amide bonds. The van der Waals surface area contributed by atoms with E-state index < -0.39 is 0 Å². The van der Waals surface area contributed by atoms with Crippen molar-refractivity contribution in [3.63, 3.8) is 0 Å². The van der Waals surface area contributed by atoms with E-state index in [4.69, 9.17) is 4.74 Å². The van der Waals surface area contributed by atoms with E-state index in [9.17, 15) is 9.59 Å². The fourth-order valence-electron chi connectivity index (χ4n) is 2.21. The van der Waals surface area contributed by atoms with Crippen molar-refractivity contribution in [2.45, 2.75) is 18.9 Å². The van der Waals surface area contributed by atoms with E-state index >= 15 is 0 Å². The number of hydrogen-bond donors (Lipinski definition) is 1. The van der Waals surface area contributed by atoms with Crippen LogP contribution in [0.5, 0.6) is 5.75 Å². The number of amides is 2. The van der Waals surface area contributed by atoms with Crippen LogP contribution in [0.1, 0.15) is 24.4 Å². The molecule has 0 spiro atoms. The maximum Gasteiger partial charge on any atom is 0.229 e. The van der Waals surface area contributed by atoms with Crippen LogP contribution in [0.4, 0.5) is 0 Å². The Morgan fingerprint density at radius 1 is 1.21 bits per heavy atom. The third-order valence-corrected chi connectivity index (χ3v) is 3.39. The molecule has 19 heavy (non-hydrogen) atoms. The number of nitrogens with zero attached hydrogens (tertiary/aromatic N) is 1. The maximum atomic E-state index is 11.6. The Morgan fingerprint density at radius 2 is 1.79 bits per heavy atom. The Hall–Kier alpha value is -1.88. The number of likely N-dealkylation sites (N-methyl/N-ethyl adjacent to an activating group) is 1. The number of hydrogen-bond acceptors (Lipinski definition) is 4. The molecular weight excluding hydrogens is 244 g/mol. The summed E-state index contributed by atoms with van der Waals surface area (Å²) >= 11 is 0. The minimum absolute atomic E-state index is 0.0584.